The lowest BCUT2D eigenvalue weighted by molar-refractivity contribution is -0.136. The van der Waals surface area contributed by atoms with Crippen molar-refractivity contribution in [3.05, 3.63) is 22.7 Å². The van der Waals surface area contributed by atoms with E-state index in [9.17, 15) is 13.2 Å². The molecule has 0 saturated heterocycles. The van der Waals surface area contributed by atoms with Crippen molar-refractivity contribution in [2.75, 3.05) is 5.73 Å². The van der Waals surface area contributed by atoms with Crippen LogP contribution in [0.3, 0.4) is 0 Å². The van der Waals surface area contributed by atoms with E-state index >= 15 is 0 Å². The molecule has 0 aliphatic carbocycles. The smallest absolute Gasteiger partial charge is 0.418 e. The Morgan fingerprint density at radius 1 is 1.31 bits per heavy atom. The van der Waals surface area contributed by atoms with Crippen molar-refractivity contribution in [2.45, 2.75) is 6.18 Å². The molecule has 0 aliphatic rings. The number of alkyl halides is 3. The van der Waals surface area contributed by atoms with Gasteiger partial charge in [0.05, 0.1) is 11.3 Å². The van der Waals surface area contributed by atoms with Crippen LogP contribution in [0.1, 0.15) is 5.56 Å². The van der Waals surface area contributed by atoms with Gasteiger partial charge in [-0.05, 0) is 12.1 Å². The molecule has 6 heteroatoms. The fourth-order valence-electron chi connectivity index (χ4n) is 0.829. The largest absolute Gasteiger partial charge is 0.506 e. The molecule has 1 aromatic rings. The van der Waals surface area contributed by atoms with Gasteiger partial charge in [0, 0.05) is 0 Å². The molecule has 1 aromatic carbocycles. The first-order chi connectivity index (χ1) is 5.84. The molecule has 2 nitrogen and oxygen atoms in total. The van der Waals surface area contributed by atoms with Crippen LogP contribution in [0.25, 0.3) is 0 Å². The number of benzene rings is 1. The summed E-state index contributed by atoms with van der Waals surface area (Å²) in [4.78, 5) is 0. The Kier molecular flexibility index (Phi) is 2.30. The van der Waals surface area contributed by atoms with Crippen LogP contribution in [-0.2, 0) is 6.18 Å². The number of anilines is 1. The molecular formula is C7H5ClF3NO. The van der Waals surface area contributed by atoms with Crippen LogP contribution < -0.4 is 5.73 Å². The molecule has 0 amide bonds. The van der Waals surface area contributed by atoms with Gasteiger partial charge < -0.3 is 10.8 Å². The standard InChI is InChI=1S/C7H5ClF3NO/c8-5-4(13)2-1-3(6(5)12)7(9,10)11/h1-2,13H,12H2. The number of nitrogens with two attached hydrogens (primary N) is 1. The van der Waals surface area contributed by atoms with Crippen LogP contribution in [0.4, 0.5) is 18.9 Å². The minimum absolute atomic E-state index is 0.466. The molecule has 0 radical (unpaired) electrons. The Bertz CT molecular complexity index is 337. The van der Waals surface area contributed by atoms with Crippen molar-refractivity contribution < 1.29 is 18.3 Å². The Hall–Kier alpha value is -1.10. The fourth-order valence-corrected chi connectivity index (χ4v) is 0.993. The van der Waals surface area contributed by atoms with Gasteiger partial charge in [-0.25, -0.2) is 0 Å². The molecule has 0 aromatic heterocycles. The van der Waals surface area contributed by atoms with Gasteiger partial charge in [0.25, 0.3) is 0 Å². The molecular weight excluding hydrogens is 207 g/mol. The van der Waals surface area contributed by atoms with Gasteiger partial charge in [0.15, 0.2) is 0 Å². The van der Waals surface area contributed by atoms with Gasteiger partial charge in [0.1, 0.15) is 10.8 Å². The van der Waals surface area contributed by atoms with Gasteiger partial charge >= 0.3 is 6.18 Å². The van der Waals surface area contributed by atoms with Crippen LogP contribution in [0, 0.1) is 0 Å². The lowest BCUT2D eigenvalue weighted by Gasteiger charge is -2.11. The van der Waals surface area contributed by atoms with Crippen LogP contribution in [-0.4, -0.2) is 5.11 Å². The summed E-state index contributed by atoms with van der Waals surface area (Å²) in [7, 11) is 0. The van der Waals surface area contributed by atoms with E-state index in [0.717, 1.165) is 6.07 Å². The van der Waals surface area contributed by atoms with E-state index in [1.54, 1.807) is 0 Å². The van der Waals surface area contributed by atoms with Crippen LogP contribution in [0.15, 0.2) is 12.1 Å². The number of aromatic hydroxyl groups is 1. The lowest BCUT2D eigenvalue weighted by atomic mass is 10.1. The van der Waals surface area contributed by atoms with Crippen molar-refractivity contribution in [3.8, 4) is 5.75 Å². The lowest BCUT2D eigenvalue weighted by Crippen LogP contribution is -2.08. The molecule has 0 atom stereocenters. The van der Waals surface area contributed by atoms with Gasteiger partial charge in [-0.3, -0.25) is 0 Å². The summed E-state index contributed by atoms with van der Waals surface area (Å²) < 4.78 is 36.4. The molecule has 72 valence electrons. The van der Waals surface area contributed by atoms with Gasteiger partial charge in [0.2, 0.25) is 0 Å². The maximum absolute atomic E-state index is 12.1. The van der Waals surface area contributed by atoms with Gasteiger partial charge in [-0.15, -0.1) is 0 Å². The summed E-state index contributed by atoms with van der Waals surface area (Å²) in [5, 5.41) is 8.43. The fraction of sp³-hybridized carbons (Fsp3) is 0.143. The molecule has 0 heterocycles. The number of hydrogen-bond donors (Lipinski definition) is 2. The average Bonchev–Trinajstić information content (AvgIpc) is 1.98. The van der Waals surface area contributed by atoms with Crippen LogP contribution >= 0.6 is 11.6 Å². The second-order valence-corrected chi connectivity index (χ2v) is 2.74. The number of phenols is 1. The molecule has 0 fully saturated rings. The van der Waals surface area contributed by atoms with Crippen molar-refractivity contribution in [1.29, 1.82) is 0 Å². The predicted octanol–water partition coefficient (Wildman–Crippen LogP) is 2.65. The number of phenolic OH excluding ortho intramolecular Hbond substituents is 1. The second kappa shape index (κ2) is 2.99. The first-order valence-electron chi connectivity index (χ1n) is 3.18. The van der Waals surface area contributed by atoms with E-state index in [2.05, 4.69) is 0 Å². The van der Waals surface area contributed by atoms with Crippen molar-refractivity contribution >= 4 is 17.3 Å². The summed E-state index contributed by atoms with van der Waals surface area (Å²) in [5.74, 6) is -0.466. The molecule has 0 spiro atoms. The Morgan fingerprint density at radius 2 is 1.85 bits per heavy atom. The molecule has 0 saturated carbocycles. The zero-order valence-corrected chi connectivity index (χ0v) is 6.95. The molecule has 0 unspecified atom stereocenters. The van der Waals surface area contributed by atoms with Crippen molar-refractivity contribution in [1.82, 2.24) is 0 Å². The Morgan fingerprint density at radius 3 is 2.31 bits per heavy atom. The molecule has 0 aliphatic heterocycles. The third-order valence-corrected chi connectivity index (χ3v) is 1.86. The summed E-state index contributed by atoms with van der Waals surface area (Å²) in [6, 6.07) is 1.53. The van der Waals surface area contributed by atoms with Crippen molar-refractivity contribution in [3.63, 3.8) is 0 Å². The van der Waals surface area contributed by atoms with E-state index in [-0.39, 0.29) is 0 Å². The highest BCUT2D eigenvalue weighted by Crippen LogP contribution is 2.40. The summed E-state index contributed by atoms with van der Waals surface area (Å²) in [5.41, 5.74) is 3.35. The topological polar surface area (TPSA) is 46.2 Å². The van der Waals surface area contributed by atoms with Gasteiger partial charge in [-0.1, -0.05) is 11.6 Å². The number of rotatable bonds is 0. The van der Waals surface area contributed by atoms with E-state index in [1.807, 2.05) is 0 Å². The first-order valence-corrected chi connectivity index (χ1v) is 3.56. The molecule has 3 N–H and O–H groups in total. The van der Waals surface area contributed by atoms with Crippen molar-refractivity contribution in [2.24, 2.45) is 0 Å². The van der Waals surface area contributed by atoms with E-state index in [0.29, 0.717) is 6.07 Å². The van der Waals surface area contributed by atoms with Crippen LogP contribution in [0.5, 0.6) is 5.75 Å². The Balaban J connectivity index is 3.35. The van der Waals surface area contributed by atoms with E-state index in [4.69, 9.17) is 22.4 Å². The highest BCUT2D eigenvalue weighted by molar-refractivity contribution is 6.34. The van der Waals surface area contributed by atoms with Crippen LogP contribution in [0.2, 0.25) is 5.02 Å². The first kappa shape index (κ1) is 9.98. The number of halogens is 4. The monoisotopic (exact) mass is 211 g/mol. The minimum atomic E-state index is -4.55. The SMILES string of the molecule is Nc1c(C(F)(F)F)ccc(O)c1Cl. The zero-order valence-electron chi connectivity index (χ0n) is 6.19. The zero-order chi connectivity index (χ0) is 10.2. The number of hydrogen-bond acceptors (Lipinski definition) is 2. The quantitative estimate of drug-likeness (QED) is 0.648. The maximum Gasteiger partial charge on any atom is 0.418 e. The number of nitrogen functional groups attached to an aromatic ring is 1. The maximum atomic E-state index is 12.1. The highest BCUT2D eigenvalue weighted by Gasteiger charge is 2.34. The average molecular weight is 212 g/mol. The van der Waals surface area contributed by atoms with E-state index < -0.39 is 28.2 Å². The minimum Gasteiger partial charge on any atom is -0.506 e. The third-order valence-electron chi connectivity index (χ3n) is 1.46. The van der Waals surface area contributed by atoms with E-state index in [1.165, 1.54) is 0 Å². The Labute approximate surface area is 76.7 Å². The summed E-state index contributed by atoms with van der Waals surface area (Å²) >= 11 is 5.31. The predicted molar refractivity (Wildman–Crippen MR) is 42.5 cm³/mol. The molecule has 13 heavy (non-hydrogen) atoms. The highest BCUT2D eigenvalue weighted by atomic mass is 35.5. The summed E-state index contributed by atoms with van der Waals surface area (Å²) in [6.07, 6.45) is -4.55. The molecule has 0 bridgehead atoms. The normalized spacial score (nSPS) is 11.7. The second-order valence-electron chi connectivity index (χ2n) is 2.36. The van der Waals surface area contributed by atoms with Gasteiger partial charge in [-0.2, -0.15) is 13.2 Å². The molecule has 1 rings (SSSR count). The summed E-state index contributed by atoms with van der Waals surface area (Å²) in [6.45, 7) is 0. The third kappa shape index (κ3) is 1.80.